The fourth-order valence-electron chi connectivity index (χ4n) is 2.34. The molecular weight excluding hydrogens is 332 g/mol. The number of hydrogen-bond donors (Lipinski definition) is 5. The van der Waals surface area contributed by atoms with E-state index in [2.05, 4.69) is 0 Å². The predicted octanol–water partition coefficient (Wildman–Crippen LogP) is -1.81. The van der Waals surface area contributed by atoms with Crippen molar-refractivity contribution in [2.45, 2.75) is 42.7 Å². The molecule has 0 amide bonds. The van der Waals surface area contributed by atoms with Crippen LogP contribution < -0.4 is 0 Å². The molecule has 0 unspecified atom stereocenters. The summed E-state index contributed by atoms with van der Waals surface area (Å²) in [6.45, 7) is -0.656. The number of ether oxygens (including phenoxy) is 2. The lowest BCUT2D eigenvalue weighted by Crippen LogP contribution is -2.59. The molecule has 9 heteroatoms. The number of aliphatic hydroxyl groups excluding tert-OH is 4. The van der Waals surface area contributed by atoms with Crippen LogP contribution in [0, 0.1) is 0 Å². The number of halogens is 1. The lowest BCUT2D eigenvalue weighted by molar-refractivity contribution is -0.301. The van der Waals surface area contributed by atoms with Crippen molar-refractivity contribution in [2.24, 2.45) is 0 Å². The van der Waals surface area contributed by atoms with Gasteiger partial charge in [-0.2, -0.15) is 0 Å². The molecule has 0 radical (unpaired) electrons. The minimum absolute atomic E-state index is 0.0159. The number of ketones is 1. The van der Waals surface area contributed by atoms with Crippen molar-refractivity contribution in [3.63, 3.8) is 0 Å². The molecule has 23 heavy (non-hydrogen) atoms. The van der Waals surface area contributed by atoms with Gasteiger partial charge in [-0.15, -0.1) is 0 Å². The molecule has 2 aliphatic rings. The van der Waals surface area contributed by atoms with Crippen LogP contribution in [0.2, 0.25) is 0 Å². The van der Waals surface area contributed by atoms with E-state index in [-0.39, 0.29) is 18.1 Å². The van der Waals surface area contributed by atoms with Gasteiger partial charge in [-0.05, 0) is 18.2 Å². The Labute approximate surface area is 137 Å². The Kier molecular flexibility index (Phi) is 5.93. The molecule has 0 aromatic heterocycles. The molecule has 6 atom stereocenters. The Morgan fingerprint density at radius 1 is 1.26 bits per heavy atom. The fraction of sp³-hybridized carbons (Fsp3) is 0.643. The summed E-state index contributed by atoms with van der Waals surface area (Å²) in [7, 11) is 0. The van der Waals surface area contributed by atoms with Crippen LogP contribution in [-0.2, 0) is 14.3 Å². The van der Waals surface area contributed by atoms with E-state index in [1.54, 1.807) is 0 Å². The lowest BCUT2D eigenvalue weighted by Gasteiger charge is -2.39. The van der Waals surface area contributed by atoms with Crippen LogP contribution in [0.4, 0.5) is 0 Å². The quantitative estimate of drug-likeness (QED) is 0.391. The van der Waals surface area contributed by atoms with Gasteiger partial charge in [0.2, 0.25) is 0 Å². The predicted molar refractivity (Wildman–Crippen MR) is 77.4 cm³/mol. The Morgan fingerprint density at radius 2 is 1.96 bits per heavy atom. The molecular formula is C14H19ClO8. The topological polar surface area (TPSA) is 137 Å². The summed E-state index contributed by atoms with van der Waals surface area (Å²) < 4.78 is 10.4. The molecule has 1 aliphatic heterocycles. The van der Waals surface area contributed by atoms with Crippen LogP contribution in [0.3, 0.4) is 0 Å². The van der Waals surface area contributed by atoms with Gasteiger partial charge in [0, 0.05) is 6.42 Å². The molecule has 1 saturated heterocycles. The van der Waals surface area contributed by atoms with E-state index in [1.165, 1.54) is 12.2 Å². The van der Waals surface area contributed by atoms with Gasteiger partial charge in [-0.25, -0.2) is 0 Å². The highest BCUT2D eigenvalue weighted by Gasteiger charge is 2.44. The van der Waals surface area contributed by atoms with E-state index in [0.717, 1.165) is 6.08 Å². The SMILES string of the molecule is O=C1C=C[C@@](O)(CCO[C@@H]2O[C@H](CO)[C@@H](O)[C@H](O)[C@H]2O)C=C1Cl. The first kappa shape index (κ1) is 18.5. The molecule has 0 saturated carbocycles. The summed E-state index contributed by atoms with van der Waals surface area (Å²) in [6, 6.07) is 0. The normalized spacial score (nSPS) is 41.0. The van der Waals surface area contributed by atoms with E-state index >= 15 is 0 Å². The highest BCUT2D eigenvalue weighted by Crippen LogP contribution is 2.26. The van der Waals surface area contributed by atoms with Crippen LogP contribution in [-0.4, -0.2) is 80.8 Å². The number of hydrogen-bond acceptors (Lipinski definition) is 8. The summed E-state index contributed by atoms with van der Waals surface area (Å²) in [4.78, 5) is 11.2. The molecule has 0 spiro atoms. The maximum atomic E-state index is 11.2. The second kappa shape index (κ2) is 7.37. The van der Waals surface area contributed by atoms with E-state index in [1.807, 2.05) is 0 Å². The average molecular weight is 351 g/mol. The molecule has 0 aromatic carbocycles. The van der Waals surface area contributed by atoms with Gasteiger partial charge in [0.1, 0.15) is 30.0 Å². The van der Waals surface area contributed by atoms with Crippen molar-refractivity contribution in [2.75, 3.05) is 13.2 Å². The second-order valence-electron chi connectivity index (χ2n) is 5.50. The zero-order chi connectivity index (χ0) is 17.2. The Balaban J connectivity index is 1.91. The van der Waals surface area contributed by atoms with Crippen molar-refractivity contribution in [3.05, 3.63) is 23.3 Å². The molecule has 2 rings (SSSR count). The second-order valence-corrected chi connectivity index (χ2v) is 5.91. The van der Waals surface area contributed by atoms with Crippen LogP contribution in [0.15, 0.2) is 23.3 Å². The van der Waals surface area contributed by atoms with Crippen LogP contribution >= 0.6 is 11.6 Å². The van der Waals surface area contributed by atoms with E-state index in [9.17, 15) is 25.2 Å². The third-order valence-electron chi connectivity index (χ3n) is 3.77. The lowest BCUT2D eigenvalue weighted by atomic mass is 9.94. The average Bonchev–Trinajstić information content (AvgIpc) is 2.51. The van der Waals surface area contributed by atoms with Crippen LogP contribution in [0.25, 0.3) is 0 Å². The fourth-order valence-corrected chi connectivity index (χ4v) is 2.59. The maximum absolute atomic E-state index is 11.2. The van der Waals surface area contributed by atoms with Crippen molar-refractivity contribution in [3.8, 4) is 0 Å². The van der Waals surface area contributed by atoms with Gasteiger partial charge in [-0.1, -0.05) is 11.6 Å². The van der Waals surface area contributed by atoms with Gasteiger partial charge < -0.3 is 35.0 Å². The van der Waals surface area contributed by atoms with E-state index < -0.39 is 48.7 Å². The highest BCUT2D eigenvalue weighted by molar-refractivity contribution is 6.44. The Bertz CT molecular complexity index is 505. The molecule has 5 N–H and O–H groups in total. The number of rotatable bonds is 5. The van der Waals surface area contributed by atoms with Crippen molar-refractivity contribution in [1.82, 2.24) is 0 Å². The van der Waals surface area contributed by atoms with Gasteiger partial charge >= 0.3 is 0 Å². The van der Waals surface area contributed by atoms with Gasteiger partial charge in [0.05, 0.1) is 18.2 Å². The highest BCUT2D eigenvalue weighted by atomic mass is 35.5. The molecule has 1 heterocycles. The first-order valence-electron chi connectivity index (χ1n) is 7.04. The third kappa shape index (κ3) is 4.17. The number of aliphatic hydroxyl groups is 5. The third-order valence-corrected chi connectivity index (χ3v) is 4.06. The smallest absolute Gasteiger partial charge is 0.196 e. The number of allylic oxidation sites excluding steroid dienone is 2. The molecule has 1 fully saturated rings. The van der Waals surface area contributed by atoms with Crippen LogP contribution in [0.5, 0.6) is 0 Å². The first-order valence-corrected chi connectivity index (χ1v) is 7.41. The van der Waals surface area contributed by atoms with Crippen LogP contribution in [0.1, 0.15) is 6.42 Å². The Hall–Kier alpha value is -0.840. The summed E-state index contributed by atoms with van der Waals surface area (Å²) in [5.74, 6) is -0.411. The standard InChI is InChI=1S/C14H19ClO8/c15-7-5-14(21,2-1-8(7)17)3-4-22-13-12(20)11(19)10(18)9(6-16)23-13/h1-2,5,9-13,16,18-21H,3-4,6H2/t9-,10-,11+,12-,13-,14-/m1/s1. The zero-order valence-corrected chi connectivity index (χ0v) is 12.8. The summed E-state index contributed by atoms with van der Waals surface area (Å²) in [6.07, 6.45) is -3.22. The minimum atomic E-state index is -1.53. The molecule has 130 valence electrons. The Morgan fingerprint density at radius 3 is 2.57 bits per heavy atom. The summed E-state index contributed by atoms with van der Waals surface area (Å²) in [5, 5.41) is 48.3. The molecule has 1 aliphatic carbocycles. The van der Waals surface area contributed by atoms with Crippen molar-refractivity contribution < 1.29 is 39.8 Å². The first-order chi connectivity index (χ1) is 10.8. The zero-order valence-electron chi connectivity index (χ0n) is 12.1. The van der Waals surface area contributed by atoms with E-state index in [4.69, 9.17) is 26.2 Å². The van der Waals surface area contributed by atoms with E-state index in [0.29, 0.717) is 0 Å². The number of carbonyl (C=O) groups is 1. The number of carbonyl (C=O) groups excluding carboxylic acids is 1. The van der Waals surface area contributed by atoms with Crippen molar-refractivity contribution in [1.29, 1.82) is 0 Å². The maximum Gasteiger partial charge on any atom is 0.196 e. The minimum Gasteiger partial charge on any atom is -0.394 e. The van der Waals surface area contributed by atoms with Crippen molar-refractivity contribution >= 4 is 17.4 Å². The summed E-state index contributed by atoms with van der Waals surface area (Å²) >= 11 is 5.68. The van der Waals surface area contributed by atoms with Gasteiger partial charge in [0.25, 0.3) is 0 Å². The van der Waals surface area contributed by atoms with Gasteiger partial charge in [-0.3, -0.25) is 4.79 Å². The molecule has 8 nitrogen and oxygen atoms in total. The summed E-state index contributed by atoms with van der Waals surface area (Å²) in [5.41, 5.74) is -1.47. The monoisotopic (exact) mass is 350 g/mol. The largest absolute Gasteiger partial charge is 0.394 e. The molecule has 0 bridgehead atoms. The van der Waals surface area contributed by atoms with Gasteiger partial charge in [0.15, 0.2) is 12.1 Å². The molecule has 0 aromatic rings.